The molecule has 0 radical (unpaired) electrons. The van der Waals surface area contributed by atoms with Gasteiger partial charge in [-0.1, -0.05) is 29.8 Å². The van der Waals surface area contributed by atoms with Crippen molar-refractivity contribution in [3.63, 3.8) is 0 Å². The molecule has 0 bridgehead atoms. The van der Waals surface area contributed by atoms with Gasteiger partial charge in [-0.05, 0) is 60.2 Å². The molecule has 0 saturated heterocycles. The Balaban J connectivity index is 1.84. The largest absolute Gasteiger partial charge is 0.497 e. The van der Waals surface area contributed by atoms with Crippen LogP contribution in [0.25, 0.3) is 6.08 Å². The molecule has 0 atom stereocenters. The Kier molecular flexibility index (Phi) is 7.52. The van der Waals surface area contributed by atoms with Crippen molar-refractivity contribution in [1.82, 2.24) is 0 Å². The molecule has 0 aliphatic heterocycles. The van der Waals surface area contributed by atoms with Crippen LogP contribution >= 0.6 is 11.6 Å². The molecule has 3 aromatic rings. The predicted molar refractivity (Wildman–Crippen MR) is 122 cm³/mol. The molecule has 0 spiro atoms. The van der Waals surface area contributed by atoms with E-state index in [0.29, 0.717) is 27.8 Å². The molecule has 0 aromatic heterocycles. The van der Waals surface area contributed by atoms with Gasteiger partial charge in [0, 0.05) is 5.02 Å². The normalized spacial score (nSPS) is 10.6. The van der Waals surface area contributed by atoms with Crippen LogP contribution in [0.5, 0.6) is 23.0 Å². The van der Waals surface area contributed by atoms with Crippen molar-refractivity contribution >= 4 is 29.4 Å². The fourth-order valence-electron chi connectivity index (χ4n) is 2.91. The average Bonchev–Trinajstić information content (AvgIpc) is 2.83. The van der Waals surface area contributed by atoms with Crippen LogP contribution in [0.15, 0.2) is 66.7 Å². The summed E-state index contributed by atoms with van der Waals surface area (Å²) in [6.45, 7) is 0. The van der Waals surface area contributed by atoms with Crippen molar-refractivity contribution in [2.45, 2.75) is 0 Å². The van der Waals surface area contributed by atoms with E-state index in [2.05, 4.69) is 0 Å². The highest BCUT2D eigenvalue weighted by Crippen LogP contribution is 2.29. The second kappa shape index (κ2) is 10.5. The number of methoxy groups -OCH3 is 3. The third-order valence-corrected chi connectivity index (χ3v) is 4.79. The summed E-state index contributed by atoms with van der Waals surface area (Å²) in [6, 6.07) is 16.3. The maximum Gasteiger partial charge on any atom is 0.343 e. The lowest BCUT2D eigenvalue weighted by molar-refractivity contribution is 0.0732. The first kappa shape index (κ1) is 22.9. The van der Waals surface area contributed by atoms with Crippen LogP contribution in [-0.2, 0) is 0 Å². The van der Waals surface area contributed by atoms with E-state index in [4.69, 9.17) is 30.5 Å². The quantitative estimate of drug-likeness (QED) is 0.195. The van der Waals surface area contributed by atoms with Crippen LogP contribution < -0.4 is 18.9 Å². The van der Waals surface area contributed by atoms with Gasteiger partial charge in [0.25, 0.3) is 0 Å². The van der Waals surface area contributed by atoms with Crippen LogP contribution in [-0.4, -0.2) is 33.1 Å². The standard InChI is InChI=1S/C25H21ClO6/c1-29-19-6-4-5-17(14-19)25(28)32-22-12-9-18(26)15-20(22)21(27)10-7-16-8-11-23(30-2)24(13-16)31-3/h4-15H,1-3H3. The van der Waals surface area contributed by atoms with Crippen LogP contribution in [0.2, 0.25) is 5.02 Å². The van der Waals surface area contributed by atoms with E-state index in [9.17, 15) is 9.59 Å². The minimum absolute atomic E-state index is 0.101. The van der Waals surface area contributed by atoms with E-state index in [1.807, 2.05) is 0 Å². The van der Waals surface area contributed by atoms with Crippen LogP contribution in [0.3, 0.4) is 0 Å². The molecule has 7 heteroatoms. The maximum atomic E-state index is 12.9. The molecule has 6 nitrogen and oxygen atoms in total. The van der Waals surface area contributed by atoms with Gasteiger partial charge in [0.1, 0.15) is 11.5 Å². The summed E-state index contributed by atoms with van der Waals surface area (Å²) in [5, 5.41) is 0.342. The van der Waals surface area contributed by atoms with E-state index in [1.165, 1.54) is 32.4 Å². The van der Waals surface area contributed by atoms with Crippen molar-refractivity contribution in [3.05, 3.63) is 88.5 Å². The molecule has 0 heterocycles. The monoisotopic (exact) mass is 452 g/mol. The van der Waals surface area contributed by atoms with Gasteiger partial charge in [-0.3, -0.25) is 4.79 Å². The Morgan fingerprint density at radius 3 is 2.28 bits per heavy atom. The van der Waals surface area contributed by atoms with Gasteiger partial charge < -0.3 is 18.9 Å². The molecule has 0 aliphatic carbocycles. The molecule has 164 valence electrons. The molecule has 32 heavy (non-hydrogen) atoms. The fourth-order valence-corrected chi connectivity index (χ4v) is 3.08. The highest BCUT2D eigenvalue weighted by molar-refractivity contribution is 6.31. The number of halogens is 1. The number of ketones is 1. The average molecular weight is 453 g/mol. The number of hydrogen-bond donors (Lipinski definition) is 0. The van der Waals surface area contributed by atoms with E-state index in [-0.39, 0.29) is 17.1 Å². The highest BCUT2D eigenvalue weighted by Gasteiger charge is 2.16. The SMILES string of the molecule is COc1cccc(C(=O)Oc2ccc(Cl)cc2C(=O)C=Cc2ccc(OC)c(OC)c2)c1. The third kappa shape index (κ3) is 5.47. The molecule has 0 aliphatic rings. The summed E-state index contributed by atoms with van der Waals surface area (Å²) < 4.78 is 21.1. The topological polar surface area (TPSA) is 71.1 Å². The number of esters is 1. The smallest absolute Gasteiger partial charge is 0.343 e. The van der Waals surface area contributed by atoms with Gasteiger partial charge in [-0.25, -0.2) is 4.79 Å². The summed E-state index contributed by atoms with van der Waals surface area (Å²) in [7, 11) is 4.58. The lowest BCUT2D eigenvalue weighted by atomic mass is 10.1. The van der Waals surface area contributed by atoms with E-state index in [0.717, 1.165) is 5.56 Å². The molecule has 0 N–H and O–H groups in total. The molecule has 3 rings (SSSR count). The van der Waals surface area contributed by atoms with Crippen molar-refractivity contribution in [2.75, 3.05) is 21.3 Å². The number of benzene rings is 3. The zero-order valence-corrected chi connectivity index (χ0v) is 18.5. The minimum Gasteiger partial charge on any atom is -0.497 e. The first-order chi connectivity index (χ1) is 15.4. The van der Waals surface area contributed by atoms with Gasteiger partial charge in [0.2, 0.25) is 0 Å². The molecular formula is C25H21ClO6. The van der Waals surface area contributed by atoms with Gasteiger partial charge in [-0.15, -0.1) is 0 Å². The van der Waals surface area contributed by atoms with Crippen LogP contribution in [0.1, 0.15) is 26.3 Å². The van der Waals surface area contributed by atoms with Gasteiger partial charge in [0.05, 0.1) is 32.5 Å². The second-order valence-electron chi connectivity index (χ2n) is 6.57. The Labute approximate surface area is 190 Å². The lowest BCUT2D eigenvalue weighted by Gasteiger charge is -2.10. The number of ether oxygens (including phenoxy) is 4. The van der Waals surface area contributed by atoms with E-state index >= 15 is 0 Å². The predicted octanol–water partition coefficient (Wildman–Crippen LogP) is 5.48. The number of carbonyl (C=O) groups excluding carboxylic acids is 2. The van der Waals surface area contributed by atoms with Crippen LogP contribution in [0, 0.1) is 0 Å². The Morgan fingerprint density at radius 2 is 1.56 bits per heavy atom. The van der Waals surface area contributed by atoms with Crippen molar-refractivity contribution in [1.29, 1.82) is 0 Å². The number of allylic oxidation sites excluding steroid dienone is 1. The summed E-state index contributed by atoms with van der Waals surface area (Å²) in [5.74, 6) is 0.740. The van der Waals surface area contributed by atoms with E-state index < -0.39 is 5.97 Å². The zero-order valence-electron chi connectivity index (χ0n) is 17.8. The zero-order chi connectivity index (χ0) is 23.1. The molecule has 0 unspecified atom stereocenters. The first-order valence-electron chi connectivity index (χ1n) is 9.55. The summed E-state index contributed by atoms with van der Waals surface area (Å²) >= 11 is 6.08. The first-order valence-corrected chi connectivity index (χ1v) is 9.93. The fraction of sp³-hybridized carbons (Fsp3) is 0.120. The lowest BCUT2D eigenvalue weighted by Crippen LogP contribution is -2.11. The number of carbonyl (C=O) groups is 2. The Hall–Kier alpha value is -3.77. The summed E-state index contributed by atoms with van der Waals surface area (Å²) in [6.07, 6.45) is 2.99. The van der Waals surface area contributed by atoms with Crippen molar-refractivity contribution in [3.8, 4) is 23.0 Å². The van der Waals surface area contributed by atoms with E-state index in [1.54, 1.807) is 61.7 Å². The van der Waals surface area contributed by atoms with Gasteiger partial charge >= 0.3 is 5.97 Å². The second-order valence-corrected chi connectivity index (χ2v) is 7.01. The Morgan fingerprint density at radius 1 is 0.812 bits per heavy atom. The highest BCUT2D eigenvalue weighted by atomic mass is 35.5. The Bertz CT molecular complexity index is 1170. The van der Waals surface area contributed by atoms with Gasteiger partial charge in [-0.2, -0.15) is 0 Å². The summed E-state index contributed by atoms with van der Waals surface area (Å²) in [5.41, 5.74) is 1.18. The summed E-state index contributed by atoms with van der Waals surface area (Å²) in [4.78, 5) is 25.5. The number of hydrogen-bond acceptors (Lipinski definition) is 6. The molecular weight excluding hydrogens is 432 g/mol. The number of rotatable bonds is 8. The van der Waals surface area contributed by atoms with Crippen LogP contribution in [0.4, 0.5) is 0 Å². The molecule has 0 amide bonds. The van der Waals surface area contributed by atoms with Crippen molar-refractivity contribution in [2.24, 2.45) is 0 Å². The minimum atomic E-state index is -0.621. The van der Waals surface area contributed by atoms with Crippen molar-refractivity contribution < 1.29 is 28.5 Å². The molecule has 0 fully saturated rings. The van der Waals surface area contributed by atoms with Gasteiger partial charge in [0.15, 0.2) is 17.3 Å². The molecule has 0 saturated carbocycles. The molecule has 3 aromatic carbocycles. The maximum absolute atomic E-state index is 12.9. The third-order valence-electron chi connectivity index (χ3n) is 4.55.